The second-order valence-electron chi connectivity index (χ2n) is 6.72. The zero-order valence-corrected chi connectivity index (χ0v) is 15.2. The summed E-state index contributed by atoms with van der Waals surface area (Å²) >= 11 is 0. The highest BCUT2D eigenvalue weighted by atomic mass is 19.1. The van der Waals surface area contributed by atoms with E-state index in [4.69, 9.17) is 0 Å². The normalized spacial score (nSPS) is 14.4. The molecule has 1 saturated heterocycles. The first kappa shape index (κ1) is 17.3. The molecule has 0 bridgehead atoms. The van der Waals surface area contributed by atoms with Gasteiger partial charge < -0.3 is 9.80 Å². The van der Waals surface area contributed by atoms with Crippen molar-refractivity contribution in [1.29, 1.82) is 0 Å². The fourth-order valence-corrected chi connectivity index (χ4v) is 3.35. The number of nitrogens with zero attached hydrogens (tertiary/aromatic N) is 4. The van der Waals surface area contributed by atoms with Gasteiger partial charge in [-0.1, -0.05) is 23.8 Å². The molecule has 5 nitrogen and oxygen atoms in total. The van der Waals surface area contributed by atoms with Gasteiger partial charge in [0, 0.05) is 49.8 Å². The number of carbonyl (C=O) groups excluding carboxylic acids is 1. The van der Waals surface area contributed by atoms with Crippen molar-refractivity contribution in [3.63, 3.8) is 0 Å². The molecule has 0 radical (unpaired) electrons. The van der Waals surface area contributed by atoms with Gasteiger partial charge in [0.05, 0.1) is 0 Å². The Kier molecular flexibility index (Phi) is 4.62. The van der Waals surface area contributed by atoms with Gasteiger partial charge in [0.1, 0.15) is 5.82 Å². The van der Waals surface area contributed by atoms with Crippen LogP contribution in [0.3, 0.4) is 0 Å². The van der Waals surface area contributed by atoms with E-state index in [1.165, 1.54) is 17.7 Å². The molecule has 0 N–H and O–H groups in total. The van der Waals surface area contributed by atoms with Crippen molar-refractivity contribution in [1.82, 2.24) is 14.5 Å². The minimum atomic E-state index is -0.389. The van der Waals surface area contributed by atoms with Crippen molar-refractivity contribution in [2.45, 2.75) is 6.92 Å². The number of aromatic nitrogens is 2. The van der Waals surface area contributed by atoms with Crippen LogP contribution in [0.5, 0.6) is 0 Å². The molecule has 1 amide bonds. The standard InChI is InChI=1S/C21H21FN4O/c1-16-5-7-19(8-6-16)26-10-9-23-21(26)25-13-11-24(12-14-25)20(27)17-3-2-4-18(22)15-17/h2-10,15H,11-14H2,1H3. The molecule has 4 rings (SSSR count). The number of aryl methyl sites for hydroxylation is 1. The first-order valence-electron chi connectivity index (χ1n) is 9.02. The zero-order valence-electron chi connectivity index (χ0n) is 15.2. The molecule has 1 aromatic heterocycles. The third-order valence-corrected chi connectivity index (χ3v) is 4.85. The average molecular weight is 364 g/mol. The summed E-state index contributed by atoms with van der Waals surface area (Å²) in [6.45, 7) is 4.59. The zero-order chi connectivity index (χ0) is 18.8. The maximum atomic E-state index is 13.4. The van der Waals surface area contributed by atoms with Crippen LogP contribution in [-0.4, -0.2) is 46.5 Å². The third kappa shape index (κ3) is 3.56. The lowest BCUT2D eigenvalue weighted by Gasteiger charge is -2.35. The van der Waals surface area contributed by atoms with E-state index in [0.717, 1.165) is 11.6 Å². The van der Waals surface area contributed by atoms with E-state index in [2.05, 4.69) is 45.6 Å². The van der Waals surface area contributed by atoms with E-state index >= 15 is 0 Å². The lowest BCUT2D eigenvalue weighted by Crippen LogP contribution is -2.49. The highest BCUT2D eigenvalue weighted by Crippen LogP contribution is 2.20. The molecule has 1 fully saturated rings. The number of anilines is 1. The molecule has 6 heteroatoms. The van der Waals surface area contributed by atoms with Gasteiger partial charge in [-0.15, -0.1) is 0 Å². The second kappa shape index (κ2) is 7.23. The van der Waals surface area contributed by atoms with E-state index in [-0.39, 0.29) is 11.7 Å². The molecule has 138 valence electrons. The van der Waals surface area contributed by atoms with Gasteiger partial charge in [-0.3, -0.25) is 9.36 Å². The van der Waals surface area contributed by atoms with Crippen LogP contribution < -0.4 is 4.90 Å². The van der Waals surface area contributed by atoms with E-state index in [1.54, 1.807) is 23.2 Å². The van der Waals surface area contributed by atoms with E-state index in [9.17, 15) is 9.18 Å². The Balaban J connectivity index is 1.47. The Morgan fingerprint density at radius 2 is 1.78 bits per heavy atom. The molecule has 0 atom stereocenters. The van der Waals surface area contributed by atoms with E-state index < -0.39 is 0 Å². The second-order valence-corrected chi connectivity index (χ2v) is 6.72. The van der Waals surface area contributed by atoms with Crippen molar-refractivity contribution in [3.8, 4) is 5.69 Å². The van der Waals surface area contributed by atoms with Gasteiger partial charge >= 0.3 is 0 Å². The van der Waals surface area contributed by atoms with Crippen LogP contribution in [-0.2, 0) is 0 Å². The largest absolute Gasteiger partial charge is 0.338 e. The van der Waals surface area contributed by atoms with Crippen LogP contribution in [0.2, 0.25) is 0 Å². The SMILES string of the molecule is Cc1ccc(-n2ccnc2N2CCN(C(=O)c3cccc(F)c3)CC2)cc1. The third-order valence-electron chi connectivity index (χ3n) is 4.85. The minimum absolute atomic E-state index is 0.129. The monoisotopic (exact) mass is 364 g/mol. The van der Waals surface area contributed by atoms with Crippen molar-refractivity contribution in [2.24, 2.45) is 0 Å². The molecule has 27 heavy (non-hydrogen) atoms. The quantitative estimate of drug-likeness (QED) is 0.716. The summed E-state index contributed by atoms with van der Waals surface area (Å²) in [6, 6.07) is 14.2. The van der Waals surface area contributed by atoms with Gasteiger partial charge in [0.25, 0.3) is 5.91 Å². The Morgan fingerprint density at radius 1 is 1.04 bits per heavy atom. The molecule has 1 aliphatic heterocycles. The highest BCUT2D eigenvalue weighted by molar-refractivity contribution is 5.94. The lowest BCUT2D eigenvalue weighted by molar-refractivity contribution is 0.0745. The molecule has 1 aliphatic rings. The number of imidazole rings is 1. The van der Waals surface area contributed by atoms with Gasteiger partial charge in [-0.2, -0.15) is 0 Å². The fraction of sp³-hybridized carbons (Fsp3) is 0.238. The number of amides is 1. The molecule has 3 aromatic rings. The Labute approximate surface area is 157 Å². The molecule has 2 heterocycles. The minimum Gasteiger partial charge on any atom is -0.338 e. The van der Waals surface area contributed by atoms with Crippen LogP contribution in [0.25, 0.3) is 5.69 Å². The Morgan fingerprint density at radius 3 is 2.48 bits per heavy atom. The number of halogens is 1. The number of hydrogen-bond donors (Lipinski definition) is 0. The topological polar surface area (TPSA) is 41.4 Å². The fourth-order valence-electron chi connectivity index (χ4n) is 3.35. The van der Waals surface area contributed by atoms with Crippen LogP contribution in [0.4, 0.5) is 10.3 Å². The van der Waals surface area contributed by atoms with Crippen LogP contribution >= 0.6 is 0 Å². The number of benzene rings is 2. The maximum absolute atomic E-state index is 13.4. The van der Waals surface area contributed by atoms with Crippen molar-refractivity contribution >= 4 is 11.9 Å². The van der Waals surface area contributed by atoms with Gasteiger partial charge in [0.2, 0.25) is 5.95 Å². The van der Waals surface area contributed by atoms with Crippen LogP contribution in [0.15, 0.2) is 60.9 Å². The molecule has 0 spiro atoms. The summed E-state index contributed by atoms with van der Waals surface area (Å²) in [5, 5.41) is 0. The molecule has 0 saturated carbocycles. The van der Waals surface area contributed by atoms with Crippen molar-refractivity contribution < 1.29 is 9.18 Å². The Hall–Kier alpha value is -3.15. The summed E-state index contributed by atoms with van der Waals surface area (Å²) in [5.74, 6) is 0.354. The number of carbonyl (C=O) groups is 1. The first-order valence-corrected chi connectivity index (χ1v) is 9.02. The number of hydrogen-bond acceptors (Lipinski definition) is 3. The number of rotatable bonds is 3. The molecule has 0 unspecified atom stereocenters. The summed E-state index contributed by atoms with van der Waals surface area (Å²) < 4.78 is 15.4. The summed E-state index contributed by atoms with van der Waals surface area (Å²) in [4.78, 5) is 21.0. The highest BCUT2D eigenvalue weighted by Gasteiger charge is 2.24. The predicted molar refractivity (Wildman–Crippen MR) is 103 cm³/mol. The van der Waals surface area contributed by atoms with E-state index in [1.807, 2.05) is 6.20 Å². The molecular weight excluding hydrogens is 343 g/mol. The maximum Gasteiger partial charge on any atom is 0.254 e. The number of piperazine rings is 1. The summed E-state index contributed by atoms with van der Waals surface area (Å²) in [7, 11) is 0. The molecule has 2 aromatic carbocycles. The van der Waals surface area contributed by atoms with Gasteiger partial charge in [-0.25, -0.2) is 9.37 Å². The van der Waals surface area contributed by atoms with Crippen LogP contribution in [0.1, 0.15) is 15.9 Å². The Bertz CT molecular complexity index is 943. The first-order chi connectivity index (χ1) is 13.1. The lowest BCUT2D eigenvalue weighted by atomic mass is 10.2. The predicted octanol–water partition coefficient (Wildman–Crippen LogP) is 3.28. The van der Waals surface area contributed by atoms with Gasteiger partial charge in [-0.05, 0) is 37.3 Å². The summed E-state index contributed by atoms with van der Waals surface area (Å²) in [5.41, 5.74) is 2.67. The van der Waals surface area contributed by atoms with E-state index in [0.29, 0.717) is 31.7 Å². The van der Waals surface area contributed by atoms with Gasteiger partial charge in [0.15, 0.2) is 0 Å². The van der Waals surface area contributed by atoms with Crippen molar-refractivity contribution in [3.05, 3.63) is 77.9 Å². The molecular formula is C21H21FN4O. The van der Waals surface area contributed by atoms with Crippen LogP contribution in [0, 0.1) is 12.7 Å². The molecule has 0 aliphatic carbocycles. The average Bonchev–Trinajstić information content (AvgIpc) is 3.18. The van der Waals surface area contributed by atoms with Crippen molar-refractivity contribution in [2.75, 3.05) is 31.1 Å². The smallest absolute Gasteiger partial charge is 0.254 e. The summed E-state index contributed by atoms with van der Waals surface area (Å²) in [6.07, 6.45) is 3.74.